The maximum Gasteiger partial charge on any atom is 0.203 e. The van der Waals surface area contributed by atoms with Gasteiger partial charge in [0, 0.05) is 26.0 Å². The van der Waals surface area contributed by atoms with E-state index >= 15 is 0 Å². The molecule has 7 heteroatoms. The Labute approximate surface area is 155 Å². The lowest BCUT2D eigenvalue weighted by Crippen LogP contribution is -2.17. The molecule has 0 fully saturated rings. The number of hydrogen-bond donors (Lipinski definition) is 0. The van der Waals surface area contributed by atoms with E-state index in [-0.39, 0.29) is 6.10 Å². The standard InChI is InChI=1S/C19H29N3O4/c1-21(2)9-7-11-26-17(19-20-8-10-22(19)3)14-12-15(23-4)18(25-6)16(13-14)24-5/h8,10,12-13,17H,7,9,11H2,1-6H3. The van der Waals surface area contributed by atoms with Crippen LogP contribution in [0.5, 0.6) is 17.2 Å². The molecule has 26 heavy (non-hydrogen) atoms. The van der Waals surface area contributed by atoms with Crippen molar-refractivity contribution in [2.45, 2.75) is 12.5 Å². The normalized spacial score (nSPS) is 12.3. The molecule has 7 nitrogen and oxygen atoms in total. The predicted octanol–water partition coefficient (Wildman–Crippen LogP) is 2.50. The minimum atomic E-state index is -0.328. The van der Waals surface area contributed by atoms with Gasteiger partial charge in [-0.2, -0.15) is 0 Å². The molecule has 2 rings (SSSR count). The maximum absolute atomic E-state index is 6.21. The lowest BCUT2D eigenvalue weighted by Gasteiger charge is -2.21. The molecule has 0 spiro atoms. The van der Waals surface area contributed by atoms with Crippen LogP contribution in [0.2, 0.25) is 0 Å². The molecular weight excluding hydrogens is 334 g/mol. The van der Waals surface area contributed by atoms with Gasteiger partial charge in [0.1, 0.15) is 11.9 Å². The second kappa shape index (κ2) is 9.45. The SMILES string of the molecule is COc1cc(C(OCCCN(C)C)c2nccn2C)cc(OC)c1OC. The highest BCUT2D eigenvalue weighted by Gasteiger charge is 2.23. The minimum absolute atomic E-state index is 0.328. The van der Waals surface area contributed by atoms with Crippen LogP contribution in [-0.4, -0.2) is 63.0 Å². The largest absolute Gasteiger partial charge is 0.493 e. The molecule has 0 aliphatic carbocycles. The molecule has 0 saturated carbocycles. The van der Waals surface area contributed by atoms with Gasteiger partial charge in [-0.1, -0.05) is 0 Å². The first kappa shape index (κ1) is 20.1. The van der Waals surface area contributed by atoms with E-state index in [0.29, 0.717) is 23.9 Å². The highest BCUT2D eigenvalue weighted by molar-refractivity contribution is 5.54. The quantitative estimate of drug-likeness (QED) is 0.605. The van der Waals surface area contributed by atoms with Crippen molar-refractivity contribution in [3.8, 4) is 17.2 Å². The van der Waals surface area contributed by atoms with E-state index in [2.05, 4.69) is 24.0 Å². The number of hydrogen-bond acceptors (Lipinski definition) is 6. The number of imidazole rings is 1. The number of aromatic nitrogens is 2. The van der Waals surface area contributed by atoms with E-state index in [1.165, 1.54) is 0 Å². The van der Waals surface area contributed by atoms with Gasteiger partial charge in [-0.05, 0) is 44.8 Å². The number of benzene rings is 1. The Kier molecular flexibility index (Phi) is 7.29. The molecule has 0 aliphatic rings. The Morgan fingerprint density at radius 1 is 1.08 bits per heavy atom. The fourth-order valence-corrected chi connectivity index (χ4v) is 2.78. The van der Waals surface area contributed by atoms with E-state index in [9.17, 15) is 0 Å². The molecule has 0 radical (unpaired) electrons. The average Bonchev–Trinajstić information content (AvgIpc) is 3.05. The van der Waals surface area contributed by atoms with Gasteiger partial charge in [-0.3, -0.25) is 0 Å². The third-order valence-electron chi connectivity index (χ3n) is 4.12. The summed E-state index contributed by atoms with van der Waals surface area (Å²) in [6.45, 7) is 1.58. The van der Waals surface area contributed by atoms with Gasteiger partial charge in [-0.15, -0.1) is 0 Å². The van der Waals surface area contributed by atoms with Crippen LogP contribution in [0.3, 0.4) is 0 Å². The van der Waals surface area contributed by atoms with E-state index in [0.717, 1.165) is 24.4 Å². The topological polar surface area (TPSA) is 58.0 Å². The fraction of sp³-hybridized carbons (Fsp3) is 0.526. The second-order valence-corrected chi connectivity index (χ2v) is 6.26. The Morgan fingerprint density at radius 3 is 2.19 bits per heavy atom. The summed E-state index contributed by atoms with van der Waals surface area (Å²) in [5.41, 5.74) is 0.902. The number of aryl methyl sites for hydroxylation is 1. The van der Waals surface area contributed by atoms with Crippen LogP contribution < -0.4 is 14.2 Å². The Hall–Kier alpha value is -2.25. The van der Waals surface area contributed by atoms with Crippen LogP contribution in [0.4, 0.5) is 0 Å². The van der Waals surface area contributed by atoms with Crippen LogP contribution in [-0.2, 0) is 11.8 Å². The Balaban J connectivity index is 2.37. The van der Waals surface area contributed by atoms with E-state index in [1.807, 2.05) is 29.9 Å². The lowest BCUT2D eigenvalue weighted by molar-refractivity contribution is 0.0668. The number of nitrogens with zero attached hydrogens (tertiary/aromatic N) is 3. The van der Waals surface area contributed by atoms with Crippen molar-refractivity contribution in [1.29, 1.82) is 0 Å². The smallest absolute Gasteiger partial charge is 0.203 e. The molecule has 0 aliphatic heterocycles. The summed E-state index contributed by atoms with van der Waals surface area (Å²) >= 11 is 0. The lowest BCUT2D eigenvalue weighted by atomic mass is 10.1. The van der Waals surface area contributed by atoms with Crippen LogP contribution in [0, 0.1) is 0 Å². The van der Waals surface area contributed by atoms with Crippen LogP contribution in [0.1, 0.15) is 23.9 Å². The summed E-state index contributed by atoms with van der Waals surface area (Å²) in [5, 5.41) is 0. The molecule has 0 amide bonds. The van der Waals surface area contributed by atoms with Gasteiger partial charge in [0.15, 0.2) is 11.5 Å². The first-order valence-corrected chi connectivity index (χ1v) is 8.55. The van der Waals surface area contributed by atoms with Gasteiger partial charge in [0.2, 0.25) is 5.75 Å². The van der Waals surface area contributed by atoms with Gasteiger partial charge >= 0.3 is 0 Å². The van der Waals surface area contributed by atoms with E-state index in [1.54, 1.807) is 27.5 Å². The van der Waals surface area contributed by atoms with Crippen LogP contribution in [0.15, 0.2) is 24.5 Å². The molecule has 0 bridgehead atoms. The predicted molar refractivity (Wildman–Crippen MR) is 100 cm³/mol. The highest BCUT2D eigenvalue weighted by atomic mass is 16.5. The first-order chi connectivity index (χ1) is 12.5. The van der Waals surface area contributed by atoms with Crippen molar-refractivity contribution in [1.82, 2.24) is 14.5 Å². The van der Waals surface area contributed by atoms with Crippen molar-refractivity contribution in [2.75, 3.05) is 48.6 Å². The van der Waals surface area contributed by atoms with Crippen molar-refractivity contribution < 1.29 is 18.9 Å². The fourth-order valence-electron chi connectivity index (χ4n) is 2.78. The second-order valence-electron chi connectivity index (χ2n) is 6.26. The van der Waals surface area contributed by atoms with Gasteiger partial charge in [0.25, 0.3) is 0 Å². The zero-order valence-electron chi connectivity index (χ0n) is 16.5. The molecule has 1 aromatic heterocycles. The summed E-state index contributed by atoms with van der Waals surface area (Å²) in [7, 11) is 10.9. The molecule has 1 heterocycles. The highest BCUT2D eigenvalue weighted by Crippen LogP contribution is 2.41. The molecule has 1 unspecified atom stereocenters. The summed E-state index contributed by atoms with van der Waals surface area (Å²) in [5.74, 6) is 2.57. The number of ether oxygens (including phenoxy) is 4. The van der Waals surface area contributed by atoms with Crippen LogP contribution in [0.25, 0.3) is 0 Å². The minimum Gasteiger partial charge on any atom is -0.493 e. The zero-order chi connectivity index (χ0) is 19.1. The molecule has 0 N–H and O–H groups in total. The summed E-state index contributed by atoms with van der Waals surface area (Å²) in [4.78, 5) is 6.61. The zero-order valence-corrected chi connectivity index (χ0v) is 16.5. The average molecular weight is 363 g/mol. The number of rotatable bonds is 10. The monoisotopic (exact) mass is 363 g/mol. The van der Waals surface area contributed by atoms with Gasteiger partial charge < -0.3 is 28.4 Å². The van der Waals surface area contributed by atoms with E-state index in [4.69, 9.17) is 18.9 Å². The van der Waals surface area contributed by atoms with Crippen molar-refractivity contribution in [3.63, 3.8) is 0 Å². The van der Waals surface area contributed by atoms with Gasteiger partial charge in [0.05, 0.1) is 21.3 Å². The Bertz CT molecular complexity index is 675. The molecule has 1 aromatic carbocycles. The van der Waals surface area contributed by atoms with Crippen molar-refractivity contribution in [2.24, 2.45) is 7.05 Å². The molecular formula is C19H29N3O4. The molecule has 144 valence electrons. The Morgan fingerprint density at radius 2 is 1.73 bits per heavy atom. The maximum atomic E-state index is 6.21. The van der Waals surface area contributed by atoms with E-state index < -0.39 is 0 Å². The summed E-state index contributed by atoms with van der Waals surface area (Å²) in [6.07, 6.45) is 4.27. The number of methoxy groups -OCH3 is 3. The third kappa shape index (κ3) is 4.68. The van der Waals surface area contributed by atoms with Crippen molar-refractivity contribution >= 4 is 0 Å². The first-order valence-electron chi connectivity index (χ1n) is 8.55. The summed E-state index contributed by atoms with van der Waals surface area (Å²) in [6, 6.07) is 3.82. The van der Waals surface area contributed by atoms with Gasteiger partial charge in [-0.25, -0.2) is 4.98 Å². The van der Waals surface area contributed by atoms with Crippen LogP contribution >= 0.6 is 0 Å². The molecule has 0 saturated heterocycles. The third-order valence-corrected chi connectivity index (χ3v) is 4.12. The molecule has 2 aromatic rings. The molecule has 1 atom stereocenters. The van der Waals surface area contributed by atoms with Crippen molar-refractivity contribution in [3.05, 3.63) is 35.9 Å². The summed E-state index contributed by atoms with van der Waals surface area (Å²) < 4.78 is 24.5.